The van der Waals surface area contributed by atoms with Crippen molar-refractivity contribution in [2.24, 2.45) is 11.8 Å². The Balaban J connectivity index is 1.81. The van der Waals surface area contributed by atoms with Gasteiger partial charge >= 0.3 is 0 Å². The molecule has 0 aromatic carbocycles. The molecule has 2 heterocycles. The van der Waals surface area contributed by atoms with Crippen LogP contribution in [0.25, 0.3) is 0 Å². The highest BCUT2D eigenvalue weighted by Crippen LogP contribution is 2.24. The van der Waals surface area contributed by atoms with Gasteiger partial charge in [0.05, 0.1) is 0 Å². The summed E-state index contributed by atoms with van der Waals surface area (Å²) in [7, 11) is 0. The molecule has 16 heavy (non-hydrogen) atoms. The van der Waals surface area contributed by atoms with E-state index in [1.165, 1.54) is 0 Å². The number of halogens is 1. The van der Waals surface area contributed by atoms with Crippen molar-refractivity contribution in [3.8, 4) is 0 Å². The number of likely N-dealkylation sites (tertiary alicyclic amines) is 1. The number of alkyl halides is 1. The summed E-state index contributed by atoms with van der Waals surface area (Å²) >= 11 is 5.74. The van der Waals surface area contributed by atoms with E-state index in [2.05, 4.69) is 0 Å². The van der Waals surface area contributed by atoms with Crippen LogP contribution in [-0.2, 0) is 9.53 Å². The molecule has 3 nitrogen and oxygen atoms in total. The summed E-state index contributed by atoms with van der Waals surface area (Å²) in [6.07, 6.45) is 3.96. The van der Waals surface area contributed by atoms with Gasteiger partial charge in [0, 0.05) is 38.1 Å². The topological polar surface area (TPSA) is 29.5 Å². The highest BCUT2D eigenvalue weighted by Gasteiger charge is 2.31. The van der Waals surface area contributed by atoms with Gasteiger partial charge in [0.15, 0.2) is 0 Å². The lowest BCUT2D eigenvalue weighted by molar-refractivity contribution is -0.137. The van der Waals surface area contributed by atoms with Gasteiger partial charge in [-0.25, -0.2) is 0 Å². The van der Waals surface area contributed by atoms with Crippen LogP contribution in [0.3, 0.4) is 0 Å². The molecule has 0 aromatic heterocycles. The molecule has 0 spiro atoms. The quantitative estimate of drug-likeness (QED) is 0.711. The van der Waals surface area contributed by atoms with Gasteiger partial charge in [-0.1, -0.05) is 0 Å². The molecule has 2 rings (SSSR count). The van der Waals surface area contributed by atoms with Crippen molar-refractivity contribution in [1.82, 2.24) is 4.90 Å². The van der Waals surface area contributed by atoms with E-state index in [9.17, 15) is 4.79 Å². The van der Waals surface area contributed by atoms with E-state index in [-0.39, 0.29) is 5.92 Å². The average Bonchev–Trinajstić information content (AvgIpc) is 2.78. The van der Waals surface area contributed by atoms with Crippen molar-refractivity contribution in [3.63, 3.8) is 0 Å². The van der Waals surface area contributed by atoms with Crippen molar-refractivity contribution < 1.29 is 9.53 Å². The highest BCUT2D eigenvalue weighted by molar-refractivity contribution is 6.17. The van der Waals surface area contributed by atoms with Crippen molar-refractivity contribution in [3.05, 3.63) is 0 Å². The molecule has 2 aliphatic rings. The molecule has 1 unspecified atom stereocenters. The molecule has 0 radical (unpaired) electrons. The molecule has 0 N–H and O–H groups in total. The van der Waals surface area contributed by atoms with Crippen LogP contribution in [0, 0.1) is 11.8 Å². The lowest BCUT2D eigenvalue weighted by Gasteiger charge is -2.26. The number of ether oxygens (including phenoxy) is 1. The van der Waals surface area contributed by atoms with Crippen molar-refractivity contribution in [1.29, 1.82) is 0 Å². The Labute approximate surface area is 102 Å². The third-order valence-electron chi connectivity index (χ3n) is 3.69. The molecule has 4 heteroatoms. The van der Waals surface area contributed by atoms with Crippen LogP contribution >= 0.6 is 11.6 Å². The maximum atomic E-state index is 12.2. The van der Waals surface area contributed by atoms with Gasteiger partial charge < -0.3 is 9.64 Å². The van der Waals surface area contributed by atoms with E-state index in [1.807, 2.05) is 4.90 Å². The lowest BCUT2D eigenvalue weighted by Crippen LogP contribution is -2.37. The Morgan fingerprint density at radius 2 is 2.06 bits per heavy atom. The van der Waals surface area contributed by atoms with Gasteiger partial charge in [0.2, 0.25) is 5.91 Å². The van der Waals surface area contributed by atoms with Crippen LogP contribution < -0.4 is 0 Å². The molecule has 1 amide bonds. The fourth-order valence-electron chi connectivity index (χ4n) is 2.63. The predicted octanol–water partition coefficient (Wildman–Crippen LogP) is 1.89. The second kappa shape index (κ2) is 5.87. The summed E-state index contributed by atoms with van der Waals surface area (Å²) in [5.74, 6) is 1.90. The summed E-state index contributed by atoms with van der Waals surface area (Å²) in [4.78, 5) is 14.2. The minimum absolute atomic E-state index is 0.212. The van der Waals surface area contributed by atoms with Gasteiger partial charge in [-0.15, -0.1) is 11.6 Å². The monoisotopic (exact) mass is 245 g/mol. The summed E-state index contributed by atoms with van der Waals surface area (Å²) in [6.45, 7) is 3.34. The molecule has 0 aliphatic carbocycles. The fraction of sp³-hybridized carbons (Fsp3) is 0.917. The van der Waals surface area contributed by atoms with Crippen LogP contribution in [0.5, 0.6) is 0 Å². The first-order chi connectivity index (χ1) is 7.81. The minimum Gasteiger partial charge on any atom is -0.381 e. The van der Waals surface area contributed by atoms with Gasteiger partial charge in [0.25, 0.3) is 0 Å². The fourth-order valence-corrected chi connectivity index (χ4v) is 2.93. The van der Waals surface area contributed by atoms with Gasteiger partial charge in [-0.05, 0) is 31.6 Å². The second-order valence-corrected chi connectivity index (χ2v) is 5.18. The zero-order chi connectivity index (χ0) is 11.4. The molecule has 2 aliphatic heterocycles. The first kappa shape index (κ1) is 12.2. The Morgan fingerprint density at radius 3 is 2.75 bits per heavy atom. The largest absolute Gasteiger partial charge is 0.381 e. The van der Waals surface area contributed by atoms with Crippen molar-refractivity contribution in [2.45, 2.75) is 25.7 Å². The molecular weight excluding hydrogens is 226 g/mol. The second-order valence-electron chi connectivity index (χ2n) is 4.80. The smallest absolute Gasteiger partial charge is 0.225 e. The van der Waals surface area contributed by atoms with E-state index >= 15 is 0 Å². The van der Waals surface area contributed by atoms with Gasteiger partial charge in [0.1, 0.15) is 0 Å². The molecule has 0 bridgehead atoms. The molecule has 0 aromatic rings. The summed E-state index contributed by atoms with van der Waals surface area (Å²) < 4.78 is 5.28. The van der Waals surface area contributed by atoms with Crippen LogP contribution in [0.1, 0.15) is 25.7 Å². The highest BCUT2D eigenvalue weighted by atomic mass is 35.5. The standard InChI is InChI=1S/C12H20ClNO2/c13-5-1-10-2-6-14(9-10)12(15)11-3-7-16-8-4-11/h10-11H,1-9H2. The summed E-state index contributed by atoms with van der Waals surface area (Å²) in [5.41, 5.74) is 0. The summed E-state index contributed by atoms with van der Waals surface area (Å²) in [6, 6.07) is 0. The van der Waals surface area contributed by atoms with Crippen molar-refractivity contribution in [2.75, 3.05) is 32.2 Å². The number of amides is 1. The maximum Gasteiger partial charge on any atom is 0.225 e. The van der Waals surface area contributed by atoms with Gasteiger partial charge in [-0.3, -0.25) is 4.79 Å². The third-order valence-corrected chi connectivity index (χ3v) is 3.90. The number of hydrogen-bond donors (Lipinski definition) is 0. The number of carbonyl (C=O) groups is 1. The zero-order valence-corrected chi connectivity index (χ0v) is 10.4. The Hall–Kier alpha value is -0.280. The van der Waals surface area contributed by atoms with Gasteiger partial charge in [-0.2, -0.15) is 0 Å². The van der Waals surface area contributed by atoms with E-state index in [4.69, 9.17) is 16.3 Å². The first-order valence-corrected chi connectivity index (χ1v) is 6.77. The minimum atomic E-state index is 0.212. The predicted molar refractivity (Wildman–Crippen MR) is 63.6 cm³/mol. The molecule has 2 saturated heterocycles. The molecular formula is C12H20ClNO2. The Kier molecular flexibility index (Phi) is 4.47. The molecule has 2 fully saturated rings. The van der Waals surface area contributed by atoms with Crippen LogP contribution in [0.2, 0.25) is 0 Å². The lowest BCUT2D eigenvalue weighted by atomic mass is 9.99. The number of rotatable bonds is 3. The Bertz CT molecular complexity index is 241. The van der Waals surface area contributed by atoms with Crippen molar-refractivity contribution >= 4 is 17.5 Å². The molecule has 0 saturated carbocycles. The number of nitrogens with zero attached hydrogens (tertiary/aromatic N) is 1. The average molecular weight is 246 g/mol. The SMILES string of the molecule is O=C(C1CCOCC1)N1CCC(CCCl)C1. The number of hydrogen-bond acceptors (Lipinski definition) is 2. The maximum absolute atomic E-state index is 12.2. The zero-order valence-electron chi connectivity index (χ0n) is 9.66. The summed E-state index contributed by atoms with van der Waals surface area (Å²) in [5, 5.41) is 0. The molecule has 1 atom stereocenters. The first-order valence-electron chi connectivity index (χ1n) is 6.23. The van der Waals surface area contributed by atoms with E-state index in [1.54, 1.807) is 0 Å². The van der Waals surface area contributed by atoms with Crippen LogP contribution in [-0.4, -0.2) is 43.0 Å². The number of carbonyl (C=O) groups excluding carboxylic acids is 1. The Morgan fingerprint density at radius 1 is 1.31 bits per heavy atom. The van der Waals surface area contributed by atoms with E-state index in [0.29, 0.717) is 17.7 Å². The normalized spacial score (nSPS) is 27.3. The van der Waals surface area contributed by atoms with Crippen LogP contribution in [0.4, 0.5) is 0 Å². The van der Waals surface area contributed by atoms with E-state index in [0.717, 1.165) is 52.0 Å². The molecule has 92 valence electrons. The van der Waals surface area contributed by atoms with E-state index < -0.39 is 0 Å². The van der Waals surface area contributed by atoms with Crippen LogP contribution in [0.15, 0.2) is 0 Å². The third kappa shape index (κ3) is 2.89.